The van der Waals surface area contributed by atoms with Gasteiger partial charge in [-0.15, -0.1) is 0 Å². The Labute approximate surface area is 125 Å². The second kappa shape index (κ2) is 5.21. The van der Waals surface area contributed by atoms with Gasteiger partial charge in [-0.2, -0.15) is 5.26 Å². The van der Waals surface area contributed by atoms with E-state index in [-0.39, 0.29) is 0 Å². The van der Waals surface area contributed by atoms with Crippen molar-refractivity contribution in [3.05, 3.63) is 52.8 Å². The lowest BCUT2D eigenvalue weighted by Gasteiger charge is -2.37. The van der Waals surface area contributed by atoms with Crippen LogP contribution in [-0.2, 0) is 6.42 Å². The van der Waals surface area contributed by atoms with E-state index in [0.29, 0.717) is 11.6 Å². The number of aryl methyl sites for hydroxylation is 3. The molecule has 3 rings (SSSR count). The summed E-state index contributed by atoms with van der Waals surface area (Å²) in [5.74, 6) is 0. The summed E-state index contributed by atoms with van der Waals surface area (Å²) in [6.07, 6.45) is 2.20. The van der Waals surface area contributed by atoms with Gasteiger partial charge in [-0.05, 0) is 51.3 Å². The van der Waals surface area contributed by atoms with Crippen LogP contribution in [0.4, 0.5) is 11.4 Å². The molecule has 0 N–H and O–H groups in total. The number of pyridine rings is 1. The van der Waals surface area contributed by atoms with Crippen LogP contribution in [0.1, 0.15) is 35.9 Å². The van der Waals surface area contributed by atoms with Crippen molar-refractivity contribution in [1.82, 2.24) is 4.98 Å². The molecule has 1 aromatic carbocycles. The Balaban J connectivity index is 2.23. The van der Waals surface area contributed by atoms with Gasteiger partial charge in [0, 0.05) is 17.4 Å². The van der Waals surface area contributed by atoms with Gasteiger partial charge >= 0.3 is 0 Å². The molecule has 3 heteroatoms. The van der Waals surface area contributed by atoms with Gasteiger partial charge in [0.2, 0.25) is 0 Å². The van der Waals surface area contributed by atoms with Crippen LogP contribution in [0.2, 0.25) is 0 Å². The molecule has 2 heterocycles. The lowest BCUT2D eigenvalue weighted by molar-refractivity contribution is 0.617. The van der Waals surface area contributed by atoms with Crippen molar-refractivity contribution in [1.29, 1.82) is 5.26 Å². The van der Waals surface area contributed by atoms with Crippen molar-refractivity contribution < 1.29 is 0 Å². The van der Waals surface area contributed by atoms with E-state index in [1.54, 1.807) is 0 Å². The largest absolute Gasteiger partial charge is 0.337 e. The van der Waals surface area contributed by atoms with Crippen LogP contribution in [0.5, 0.6) is 0 Å². The van der Waals surface area contributed by atoms with Gasteiger partial charge < -0.3 is 4.90 Å². The number of aromatic nitrogens is 1. The molecule has 3 nitrogen and oxygen atoms in total. The van der Waals surface area contributed by atoms with E-state index in [2.05, 4.69) is 47.1 Å². The van der Waals surface area contributed by atoms with Crippen molar-refractivity contribution >= 4 is 11.4 Å². The van der Waals surface area contributed by atoms with E-state index >= 15 is 0 Å². The number of hydrogen-bond acceptors (Lipinski definition) is 3. The fraction of sp³-hybridized carbons (Fsp3) is 0.333. The fourth-order valence-corrected chi connectivity index (χ4v) is 3.19. The summed E-state index contributed by atoms with van der Waals surface area (Å²) in [6, 6.07) is 13.2. The minimum Gasteiger partial charge on any atom is -0.337 e. The molecule has 2 aromatic rings. The summed E-state index contributed by atoms with van der Waals surface area (Å²) in [6.45, 7) is 6.12. The Morgan fingerprint density at radius 1 is 1.24 bits per heavy atom. The standard InChI is InChI=1S/C18H19N3/c1-12-10-18(16(11-19)14(3)20-12)21-13(2)8-9-15-6-4-5-7-17(15)21/h4-7,10,13H,8-9H2,1-3H3. The highest BCUT2D eigenvalue weighted by molar-refractivity contribution is 5.74. The highest BCUT2D eigenvalue weighted by atomic mass is 15.2. The first-order chi connectivity index (χ1) is 10.1. The number of rotatable bonds is 1. The third kappa shape index (κ3) is 2.27. The van der Waals surface area contributed by atoms with E-state index in [1.807, 2.05) is 19.9 Å². The maximum atomic E-state index is 9.54. The first-order valence-electron chi connectivity index (χ1n) is 7.37. The van der Waals surface area contributed by atoms with Gasteiger partial charge in [-0.1, -0.05) is 18.2 Å². The first kappa shape index (κ1) is 13.6. The molecule has 1 aromatic heterocycles. The molecule has 0 saturated heterocycles. The quantitative estimate of drug-likeness (QED) is 0.789. The molecule has 106 valence electrons. The Kier molecular flexibility index (Phi) is 3.39. The van der Waals surface area contributed by atoms with Crippen molar-refractivity contribution in [2.45, 2.75) is 39.7 Å². The molecule has 0 aliphatic carbocycles. The molecular weight excluding hydrogens is 258 g/mol. The maximum absolute atomic E-state index is 9.54. The third-order valence-electron chi connectivity index (χ3n) is 4.20. The van der Waals surface area contributed by atoms with E-state index in [9.17, 15) is 5.26 Å². The molecular formula is C18H19N3. The second-order valence-electron chi connectivity index (χ2n) is 5.74. The van der Waals surface area contributed by atoms with E-state index < -0.39 is 0 Å². The number of nitrogens with zero attached hydrogens (tertiary/aromatic N) is 3. The van der Waals surface area contributed by atoms with Gasteiger partial charge in [-0.3, -0.25) is 4.98 Å². The van der Waals surface area contributed by atoms with Crippen LogP contribution in [-0.4, -0.2) is 11.0 Å². The topological polar surface area (TPSA) is 39.9 Å². The summed E-state index contributed by atoms with van der Waals surface area (Å²) in [7, 11) is 0. The molecule has 1 aliphatic heterocycles. The fourth-order valence-electron chi connectivity index (χ4n) is 3.19. The predicted octanol–water partition coefficient (Wildman–Crippen LogP) is 4.04. The van der Waals surface area contributed by atoms with E-state index in [0.717, 1.165) is 29.9 Å². The molecule has 0 saturated carbocycles. The minimum absolute atomic E-state index is 0.383. The molecule has 0 amide bonds. The molecule has 1 unspecified atom stereocenters. The monoisotopic (exact) mass is 277 g/mol. The molecule has 1 atom stereocenters. The SMILES string of the molecule is Cc1cc(N2c3ccccc3CCC2C)c(C#N)c(C)n1. The lowest BCUT2D eigenvalue weighted by Crippen LogP contribution is -2.34. The van der Waals surface area contributed by atoms with Crippen LogP contribution in [0.25, 0.3) is 0 Å². The molecule has 21 heavy (non-hydrogen) atoms. The Morgan fingerprint density at radius 3 is 2.76 bits per heavy atom. The van der Waals surface area contributed by atoms with Crippen LogP contribution in [0, 0.1) is 25.2 Å². The van der Waals surface area contributed by atoms with Gasteiger partial charge in [-0.25, -0.2) is 0 Å². The number of anilines is 2. The number of benzene rings is 1. The van der Waals surface area contributed by atoms with Crippen molar-refractivity contribution in [3.63, 3.8) is 0 Å². The van der Waals surface area contributed by atoms with E-state index in [4.69, 9.17) is 0 Å². The number of para-hydroxylation sites is 1. The Morgan fingerprint density at radius 2 is 2.00 bits per heavy atom. The smallest absolute Gasteiger partial charge is 0.103 e. The lowest BCUT2D eigenvalue weighted by atomic mass is 9.95. The molecule has 0 spiro atoms. The maximum Gasteiger partial charge on any atom is 0.103 e. The highest BCUT2D eigenvalue weighted by Crippen LogP contribution is 2.38. The summed E-state index contributed by atoms with van der Waals surface area (Å²) >= 11 is 0. The average molecular weight is 277 g/mol. The second-order valence-corrected chi connectivity index (χ2v) is 5.74. The molecule has 1 aliphatic rings. The zero-order valence-corrected chi connectivity index (χ0v) is 12.7. The normalized spacial score (nSPS) is 17.2. The number of hydrogen-bond donors (Lipinski definition) is 0. The van der Waals surface area contributed by atoms with Crippen molar-refractivity contribution in [2.24, 2.45) is 0 Å². The van der Waals surface area contributed by atoms with Crippen LogP contribution in [0.15, 0.2) is 30.3 Å². The minimum atomic E-state index is 0.383. The Bertz CT molecular complexity index is 728. The summed E-state index contributed by atoms with van der Waals surface area (Å²) in [5.41, 5.74) is 6.01. The van der Waals surface area contributed by atoms with Crippen LogP contribution >= 0.6 is 0 Å². The zero-order chi connectivity index (χ0) is 15.0. The highest BCUT2D eigenvalue weighted by Gasteiger charge is 2.26. The molecule has 0 radical (unpaired) electrons. The summed E-state index contributed by atoms with van der Waals surface area (Å²) in [5, 5.41) is 9.54. The van der Waals surface area contributed by atoms with Gasteiger partial charge in [0.1, 0.15) is 6.07 Å². The molecule has 0 fully saturated rings. The van der Waals surface area contributed by atoms with Gasteiger partial charge in [0.25, 0.3) is 0 Å². The van der Waals surface area contributed by atoms with E-state index in [1.165, 1.54) is 11.3 Å². The van der Waals surface area contributed by atoms with Gasteiger partial charge in [0.15, 0.2) is 0 Å². The number of nitriles is 1. The third-order valence-corrected chi connectivity index (χ3v) is 4.20. The predicted molar refractivity (Wildman–Crippen MR) is 84.8 cm³/mol. The zero-order valence-electron chi connectivity index (χ0n) is 12.7. The van der Waals surface area contributed by atoms with Crippen molar-refractivity contribution in [3.8, 4) is 6.07 Å². The van der Waals surface area contributed by atoms with Crippen LogP contribution < -0.4 is 4.90 Å². The number of fused-ring (bicyclic) bond motifs is 1. The van der Waals surface area contributed by atoms with Gasteiger partial charge in [0.05, 0.1) is 16.9 Å². The molecule has 0 bridgehead atoms. The first-order valence-corrected chi connectivity index (χ1v) is 7.37. The summed E-state index contributed by atoms with van der Waals surface area (Å²) in [4.78, 5) is 6.74. The van der Waals surface area contributed by atoms with Crippen molar-refractivity contribution in [2.75, 3.05) is 4.90 Å². The summed E-state index contributed by atoms with van der Waals surface area (Å²) < 4.78 is 0. The van der Waals surface area contributed by atoms with Crippen LogP contribution in [0.3, 0.4) is 0 Å². The Hall–Kier alpha value is -2.34. The average Bonchev–Trinajstić information content (AvgIpc) is 2.46.